The van der Waals surface area contributed by atoms with Crippen molar-refractivity contribution in [3.05, 3.63) is 61.3 Å². The average Bonchev–Trinajstić information content (AvgIpc) is 2.93. The fourth-order valence-corrected chi connectivity index (χ4v) is 2.51. The fourth-order valence-electron chi connectivity index (χ4n) is 2.51. The predicted molar refractivity (Wildman–Crippen MR) is 89.3 cm³/mol. The minimum absolute atomic E-state index is 0.771. The van der Waals surface area contributed by atoms with E-state index in [0.29, 0.717) is 0 Å². The number of fused-ring (bicyclic) bond motifs is 1. The van der Waals surface area contributed by atoms with Gasteiger partial charge in [0.05, 0.1) is 11.7 Å². The molecule has 4 aromatic heterocycles. The quantitative estimate of drug-likeness (QED) is 0.629. The maximum atomic E-state index is 4.67. The third-order valence-electron chi connectivity index (χ3n) is 3.66. The maximum Gasteiger partial charge on any atom is 0.141 e. The summed E-state index contributed by atoms with van der Waals surface area (Å²) in [6.45, 7) is 0. The summed E-state index contributed by atoms with van der Waals surface area (Å²) in [6.07, 6.45) is 8.80. The minimum atomic E-state index is 0.771. The number of rotatable bonds is 3. The summed E-state index contributed by atoms with van der Waals surface area (Å²) < 4.78 is 2.06. The van der Waals surface area contributed by atoms with E-state index < -0.39 is 0 Å². The number of aromatic nitrogens is 5. The van der Waals surface area contributed by atoms with Gasteiger partial charge in [-0.3, -0.25) is 9.97 Å². The molecule has 1 N–H and O–H groups in total. The van der Waals surface area contributed by atoms with Crippen LogP contribution in [0.15, 0.2) is 61.3 Å². The second kappa shape index (κ2) is 5.49. The molecular formula is C17H14N6. The van der Waals surface area contributed by atoms with Crippen LogP contribution in [-0.2, 0) is 7.05 Å². The van der Waals surface area contributed by atoms with Crippen molar-refractivity contribution < 1.29 is 0 Å². The molecule has 0 fully saturated rings. The Morgan fingerprint density at radius 2 is 1.65 bits per heavy atom. The van der Waals surface area contributed by atoms with Gasteiger partial charge in [-0.05, 0) is 24.3 Å². The Hall–Kier alpha value is -3.28. The lowest BCUT2D eigenvalue weighted by Gasteiger charge is -2.05. The molecule has 0 aliphatic carbocycles. The normalized spacial score (nSPS) is 10.8. The SMILES string of the molecule is Cn1c(-c2ccncc2)nc2cnc(Nc3ccncc3)cc21. The highest BCUT2D eigenvalue weighted by Crippen LogP contribution is 2.25. The van der Waals surface area contributed by atoms with E-state index >= 15 is 0 Å². The van der Waals surface area contributed by atoms with Gasteiger partial charge in [0, 0.05) is 49.2 Å². The standard InChI is InChI=1S/C17H14N6/c1-23-15-10-16(21-13-4-8-19-9-5-13)20-11-14(15)22-17(23)12-2-6-18-7-3-12/h2-11H,1H3,(H,19,20,21). The van der Waals surface area contributed by atoms with Gasteiger partial charge in [-0.15, -0.1) is 0 Å². The second-order valence-corrected chi connectivity index (χ2v) is 5.15. The highest BCUT2D eigenvalue weighted by atomic mass is 15.1. The van der Waals surface area contributed by atoms with Crippen molar-refractivity contribution in [3.63, 3.8) is 0 Å². The van der Waals surface area contributed by atoms with Crippen LogP contribution in [0.2, 0.25) is 0 Å². The van der Waals surface area contributed by atoms with Gasteiger partial charge in [-0.25, -0.2) is 9.97 Å². The van der Waals surface area contributed by atoms with Crippen LogP contribution in [0.1, 0.15) is 0 Å². The molecule has 0 unspecified atom stereocenters. The van der Waals surface area contributed by atoms with Crippen LogP contribution in [0, 0.1) is 0 Å². The number of anilines is 2. The predicted octanol–water partition coefficient (Wildman–Crippen LogP) is 3.17. The van der Waals surface area contributed by atoms with Crippen LogP contribution in [-0.4, -0.2) is 24.5 Å². The van der Waals surface area contributed by atoms with E-state index in [9.17, 15) is 0 Å². The van der Waals surface area contributed by atoms with E-state index in [0.717, 1.165) is 33.9 Å². The zero-order chi connectivity index (χ0) is 15.6. The van der Waals surface area contributed by atoms with Crippen LogP contribution in [0.5, 0.6) is 0 Å². The number of pyridine rings is 3. The first-order valence-corrected chi connectivity index (χ1v) is 7.21. The fraction of sp³-hybridized carbons (Fsp3) is 0.0588. The lowest BCUT2D eigenvalue weighted by Crippen LogP contribution is -1.95. The van der Waals surface area contributed by atoms with Crippen molar-refractivity contribution in [3.8, 4) is 11.4 Å². The van der Waals surface area contributed by atoms with E-state index in [4.69, 9.17) is 0 Å². The van der Waals surface area contributed by atoms with Crippen molar-refractivity contribution >= 4 is 22.5 Å². The molecule has 6 heteroatoms. The zero-order valence-electron chi connectivity index (χ0n) is 12.5. The Labute approximate surface area is 132 Å². The highest BCUT2D eigenvalue weighted by molar-refractivity contribution is 5.82. The van der Waals surface area contributed by atoms with Gasteiger partial charge in [-0.2, -0.15) is 0 Å². The molecule has 4 aromatic rings. The van der Waals surface area contributed by atoms with E-state index in [-0.39, 0.29) is 0 Å². The first kappa shape index (κ1) is 13.4. The molecule has 0 amide bonds. The van der Waals surface area contributed by atoms with Gasteiger partial charge in [-0.1, -0.05) is 0 Å². The Morgan fingerprint density at radius 3 is 2.39 bits per heavy atom. The monoisotopic (exact) mass is 302 g/mol. The molecular weight excluding hydrogens is 288 g/mol. The van der Waals surface area contributed by atoms with Crippen molar-refractivity contribution in [2.45, 2.75) is 0 Å². The summed E-state index contributed by atoms with van der Waals surface area (Å²) in [5.74, 6) is 1.67. The Bertz CT molecular complexity index is 947. The highest BCUT2D eigenvalue weighted by Gasteiger charge is 2.11. The lowest BCUT2D eigenvalue weighted by molar-refractivity contribution is 0.958. The Morgan fingerprint density at radius 1 is 0.957 bits per heavy atom. The van der Waals surface area contributed by atoms with Gasteiger partial charge in [0.25, 0.3) is 0 Å². The molecule has 0 spiro atoms. The molecule has 0 aliphatic heterocycles. The minimum Gasteiger partial charge on any atom is -0.340 e. The molecule has 0 radical (unpaired) electrons. The zero-order valence-corrected chi connectivity index (χ0v) is 12.5. The summed E-state index contributed by atoms with van der Waals surface area (Å²) in [4.78, 5) is 17.2. The second-order valence-electron chi connectivity index (χ2n) is 5.15. The van der Waals surface area contributed by atoms with Crippen molar-refractivity contribution in [2.24, 2.45) is 7.05 Å². The first-order chi connectivity index (χ1) is 11.3. The lowest BCUT2D eigenvalue weighted by atomic mass is 10.2. The first-order valence-electron chi connectivity index (χ1n) is 7.21. The number of hydrogen-bond acceptors (Lipinski definition) is 5. The molecule has 0 bridgehead atoms. The molecule has 0 aromatic carbocycles. The number of aryl methyl sites for hydroxylation is 1. The smallest absolute Gasteiger partial charge is 0.141 e. The number of nitrogens with one attached hydrogen (secondary N) is 1. The molecule has 23 heavy (non-hydrogen) atoms. The Kier molecular flexibility index (Phi) is 3.20. The van der Waals surface area contributed by atoms with E-state index in [1.807, 2.05) is 37.4 Å². The number of imidazole rings is 1. The molecule has 0 aliphatic rings. The summed E-state index contributed by atoms with van der Waals surface area (Å²) >= 11 is 0. The molecule has 0 saturated carbocycles. The summed E-state index contributed by atoms with van der Waals surface area (Å²) in [5.41, 5.74) is 3.86. The van der Waals surface area contributed by atoms with Crippen LogP contribution in [0.4, 0.5) is 11.5 Å². The third kappa shape index (κ3) is 2.50. The summed E-state index contributed by atoms with van der Waals surface area (Å²) in [6, 6.07) is 9.69. The molecule has 0 saturated heterocycles. The molecule has 112 valence electrons. The van der Waals surface area contributed by atoms with Gasteiger partial charge in [0.1, 0.15) is 17.2 Å². The van der Waals surface area contributed by atoms with Crippen molar-refractivity contribution in [2.75, 3.05) is 5.32 Å². The van der Waals surface area contributed by atoms with Crippen LogP contribution >= 0.6 is 0 Å². The van der Waals surface area contributed by atoms with Gasteiger partial charge < -0.3 is 9.88 Å². The molecule has 6 nitrogen and oxygen atoms in total. The largest absolute Gasteiger partial charge is 0.340 e. The third-order valence-corrected chi connectivity index (χ3v) is 3.66. The van der Waals surface area contributed by atoms with Gasteiger partial charge in [0.2, 0.25) is 0 Å². The van der Waals surface area contributed by atoms with Crippen molar-refractivity contribution in [1.29, 1.82) is 0 Å². The summed E-state index contributed by atoms with van der Waals surface area (Å²) in [5, 5.41) is 3.27. The van der Waals surface area contributed by atoms with E-state index in [1.165, 1.54) is 0 Å². The van der Waals surface area contributed by atoms with Crippen molar-refractivity contribution in [1.82, 2.24) is 24.5 Å². The van der Waals surface area contributed by atoms with E-state index in [1.54, 1.807) is 31.0 Å². The maximum absolute atomic E-state index is 4.67. The van der Waals surface area contributed by atoms with E-state index in [2.05, 4.69) is 29.8 Å². The molecule has 4 heterocycles. The van der Waals surface area contributed by atoms with Gasteiger partial charge >= 0.3 is 0 Å². The number of hydrogen-bond donors (Lipinski definition) is 1. The molecule has 0 atom stereocenters. The van der Waals surface area contributed by atoms with Crippen LogP contribution in [0.25, 0.3) is 22.4 Å². The number of nitrogens with zero attached hydrogens (tertiary/aromatic N) is 5. The average molecular weight is 302 g/mol. The van der Waals surface area contributed by atoms with Crippen LogP contribution in [0.3, 0.4) is 0 Å². The van der Waals surface area contributed by atoms with Gasteiger partial charge in [0.15, 0.2) is 0 Å². The topological polar surface area (TPSA) is 68.5 Å². The molecule has 4 rings (SSSR count). The Balaban J connectivity index is 1.76. The summed E-state index contributed by atoms with van der Waals surface area (Å²) in [7, 11) is 2.00. The van der Waals surface area contributed by atoms with Crippen LogP contribution < -0.4 is 5.32 Å².